The molecule has 0 aliphatic heterocycles. The summed E-state index contributed by atoms with van der Waals surface area (Å²) in [6.45, 7) is 1.54. The standard InChI is InChI=1S/C23H43NO2/c1-24(2)20-15-21-26-23(25)19-12-10-8-6-4-3-5-7-9-11-16-22-17-13-14-18-22/h13,17,22H,3-12,14-16,18-21H2,1-2H3. The van der Waals surface area contributed by atoms with Gasteiger partial charge in [0, 0.05) is 13.0 Å². The quantitative estimate of drug-likeness (QED) is 0.176. The predicted molar refractivity (Wildman–Crippen MR) is 111 cm³/mol. The number of carbonyl (C=O) groups is 1. The van der Waals surface area contributed by atoms with E-state index >= 15 is 0 Å². The third-order valence-electron chi connectivity index (χ3n) is 5.33. The minimum absolute atomic E-state index is 0.0168. The Hall–Kier alpha value is -0.830. The summed E-state index contributed by atoms with van der Waals surface area (Å²) in [6.07, 6.45) is 23.6. The van der Waals surface area contributed by atoms with Gasteiger partial charge in [0.15, 0.2) is 0 Å². The molecule has 152 valence electrons. The molecule has 1 atom stereocenters. The summed E-state index contributed by atoms with van der Waals surface area (Å²) < 4.78 is 5.25. The minimum atomic E-state index is -0.0168. The van der Waals surface area contributed by atoms with Crippen LogP contribution in [0.3, 0.4) is 0 Å². The van der Waals surface area contributed by atoms with Crippen molar-refractivity contribution in [2.45, 2.75) is 96.3 Å². The van der Waals surface area contributed by atoms with Crippen LogP contribution < -0.4 is 0 Å². The van der Waals surface area contributed by atoms with Crippen LogP contribution in [0.1, 0.15) is 96.3 Å². The first-order valence-electron chi connectivity index (χ1n) is 11.2. The van der Waals surface area contributed by atoms with Gasteiger partial charge in [0.05, 0.1) is 6.61 Å². The van der Waals surface area contributed by atoms with Crippen molar-refractivity contribution in [2.24, 2.45) is 5.92 Å². The van der Waals surface area contributed by atoms with Crippen molar-refractivity contribution >= 4 is 5.97 Å². The van der Waals surface area contributed by atoms with Crippen LogP contribution in [-0.4, -0.2) is 38.1 Å². The average molecular weight is 366 g/mol. The normalized spacial score (nSPS) is 16.5. The summed E-state index contributed by atoms with van der Waals surface area (Å²) in [5.41, 5.74) is 0. The molecule has 3 nitrogen and oxygen atoms in total. The summed E-state index contributed by atoms with van der Waals surface area (Å²) in [5, 5.41) is 0. The van der Waals surface area contributed by atoms with E-state index < -0.39 is 0 Å². The van der Waals surface area contributed by atoms with Gasteiger partial charge in [0.2, 0.25) is 0 Å². The van der Waals surface area contributed by atoms with Crippen LogP contribution >= 0.6 is 0 Å². The fourth-order valence-corrected chi connectivity index (χ4v) is 3.66. The lowest BCUT2D eigenvalue weighted by molar-refractivity contribution is -0.143. The molecule has 0 aromatic heterocycles. The van der Waals surface area contributed by atoms with Crippen LogP contribution in [0.5, 0.6) is 0 Å². The molecule has 1 unspecified atom stereocenters. The van der Waals surface area contributed by atoms with Crippen molar-refractivity contribution in [3.05, 3.63) is 12.2 Å². The number of carbonyl (C=O) groups excluding carboxylic acids is 1. The number of ether oxygens (including phenoxy) is 1. The van der Waals surface area contributed by atoms with E-state index in [4.69, 9.17) is 4.74 Å². The van der Waals surface area contributed by atoms with Gasteiger partial charge in [0.25, 0.3) is 0 Å². The molecule has 0 N–H and O–H groups in total. The summed E-state index contributed by atoms with van der Waals surface area (Å²) in [7, 11) is 4.08. The molecule has 0 heterocycles. The molecule has 0 bridgehead atoms. The highest BCUT2D eigenvalue weighted by Crippen LogP contribution is 2.23. The molecule has 0 saturated carbocycles. The fourth-order valence-electron chi connectivity index (χ4n) is 3.66. The van der Waals surface area contributed by atoms with E-state index in [1.165, 1.54) is 77.0 Å². The highest BCUT2D eigenvalue weighted by Gasteiger charge is 2.07. The maximum Gasteiger partial charge on any atom is 0.305 e. The number of hydrogen-bond donors (Lipinski definition) is 0. The first-order chi connectivity index (χ1) is 12.7. The number of esters is 1. The second-order valence-electron chi connectivity index (χ2n) is 8.22. The van der Waals surface area contributed by atoms with Gasteiger partial charge in [-0.2, -0.15) is 0 Å². The Morgan fingerprint density at radius 3 is 2.12 bits per heavy atom. The summed E-state index contributed by atoms with van der Waals surface area (Å²) in [4.78, 5) is 13.7. The monoisotopic (exact) mass is 365 g/mol. The lowest BCUT2D eigenvalue weighted by Crippen LogP contribution is -2.16. The molecule has 1 aliphatic rings. The van der Waals surface area contributed by atoms with Crippen LogP contribution in [0.2, 0.25) is 0 Å². The zero-order valence-corrected chi connectivity index (χ0v) is 17.5. The lowest BCUT2D eigenvalue weighted by atomic mass is 9.99. The van der Waals surface area contributed by atoms with Gasteiger partial charge in [-0.15, -0.1) is 0 Å². The van der Waals surface area contributed by atoms with E-state index in [1.807, 2.05) is 14.1 Å². The summed E-state index contributed by atoms with van der Waals surface area (Å²) in [5.74, 6) is 0.877. The van der Waals surface area contributed by atoms with Gasteiger partial charge in [0.1, 0.15) is 0 Å². The number of nitrogens with zero attached hydrogens (tertiary/aromatic N) is 1. The molecule has 0 spiro atoms. The van der Waals surface area contributed by atoms with Gasteiger partial charge in [-0.1, -0.05) is 69.9 Å². The lowest BCUT2D eigenvalue weighted by Gasteiger charge is -2.09. The van der Waals surface area contributed by atoms with E-state index in [9.17, 15) is 4.79 Å². The van der Waals surface area contributed by atoms with Crippen molar-refractivity contribution < 1.29 is 9.53 Å². The zero-order valence-electron chi connectivity index (χ0n) is 17.5. The van der Waals surface area contributed by atoms with E-state index in [2.05, 4.69) is 17.1 Å². The molecule has 26 heavy (non-hydrogen) atoms. The van der Waals surface area contributed by atoms with E-state index in [0.29, 0.717) is 13.0 Å². The highest BCUT2D eigenvalue weighted by molar-refractivity contribution is 5.69. The van der Waals surface area contributed by atoms with Crippen LogP contribution in [0.4, 0.5) is 0 Å². The average Bonchev–Trinajstić information content (AvgIpc) is 3.13. The Morgan fingerprint density at radius 2 is 1.54 bits per heavy atom. The molecule has 0 radical (unpaired) electrons. The van der Waals surface area contributed by atoms with Crippen LogP contribution in [0.15, 0.2) is 12.2 Å². The van der Waals surface area contributed by atoms with Gasteiger partial charge < -0.3 is 9.64 Å². The van der Waals surface area contributed by atoms with E-state index in [1.54, 1.807) is 0 Å². The molecule has 1 aliphatic carbocycles. The molecule has 0 fully saturated rings. The second-order valence-corrected chi connectivity index (χ2v) is 8.22. The molecule has 0 amide bonds. The molecule has 1 rings (SSSR count). The van der Waals surface area contributed by atoms with Crippen LogP contribution in [0, 0.1) is 5.92 Å². The number of rotatable bonds is 17. The minimum Gasteiger partial charge on any atom is -0.466 e. The van der Waals surface area contributed by atoms with Crippen molar-refractivity contribution in [3.8, 4) is 0 Å². The third kappa shape index (κ3) is 14.4. The largest absolute Gasteiger partial charge is 0.466 e. The Morgan fingerprint density at radius 1 is 0.923 bits per heavy atom. The number of allylic oxidation sites excluding steroid dienone is 2. The Balaban J connectivity index is 1.72. The van der Waals surface area contributed by atoms with Gasteiger partial charge in [-0.3, -0.25) is 4.79 Å². The Labute approximate surface area is 162 Å². The van der Waals surface area contributed by atoms with Crippen molar-refractivity contribution in [3.63, 3.8) is 0 Å². The molecule has 0 saturated heterocycles. The first-order valence-corrected chi connectivity index (χ1v) is 11.2. The summed E-state index contributed by atoms with van der Waals surface area (Å²) in [6, 6.07) is 0. The van der Waals surface area contributed by atoms with Crippen molar-refractivity contribution in [1.82, 2.24) is 4.90 Å². The molecular formula is C23H43NO2. The maximum absolute atomic E-state index is 11.6. The maximum atomic E-state index is 11.6. The topological polar surface area (TPSA) is 29.5 Å². The van der Waals surface area contributed by atoms with Crippen LogP contribution in [0.25, 0.3) is 0 Å². The zero-order chi connectivity index (χ0) is 18.9. The third-order valence-corrected chi connectivity index (χ3v) is 5.33. The van der Waals surface area contributed by atoms with E-state index in [0.717, 1.165) is 25.3 Å². The summed E-state index contributed by atoms with van der Waals surface area (Å²) >= 11 is 0. The fraction of sp³-hybridized carbons (Fsp3) is 0.870. The number of unbranched alkanes of at least 4 members (excludes halogenated alkanes) is 9. The smallest absolute Gasteiger partial charge is 0.305 e. The van der Waals surface area contributed by atoms with Gasteiger partial charge in [-0.25, -0.2) is 0 Å². The molecule has 0 aromatic rings. The molecule has 0 aromatic carbocycles. The van der Waals surface area contributed by atoms with Gasteiger partial charge >= 0.3 is 5.97 Å². The second kappa shape index (κ2) is 16.4. The predicted octanol–water partition coefficient (Wildman–Crippen LogP) is 6.13. The Bertz CT molecular complexity index is 365. The van der Waals surface area contributed by atoms with Gasteiger partial charge in [-0.05, 0) is 52.1 Å². The van der Waals surface area contributed by atoms with Crippen molar-refractivity contribution in [2.75, 3.05) is 27.2 Å². The van der Waals surface area contributed by atoms with E-state index in [-0.39, 0.29) is 5.97 Å². The Kier molecular flexibility index (Phi) is 14.6. The molecular weight excluding hydrogens is 322 g/mol. The molecule has 3 heteroatoms. The highest BCUT2D eigenvalue weighted by atomic mass is 16.5. The number of hydrogen-bond acceptors (Lipinski definition) is 3. The SMILES string of the molecule is CN(C)CCCOC(=O)CCCCCCCCCCCCC1C=CCC1. The first kappa shape index (κ1) is 23.2. The van der Waals surface area contributed by atoms with Crippen molar-refractivity contribution in [1.29, 1.82) is 0 Å². The van der Waals surface area contributed by atoms with Crippen LogP contribution in [-0.2, 0) is 9.53 Å².